The first-order valence-corrected chi connectivity index (χ1v) is 10.4. The highest BCUT2D eigenvalue weighted by Gasteiger charge is 2.14. The van der Waals surface area contributed by atoms with Crippen LogP contribution in [0.1, 0.15) is 36.5 Å². The lowest BCUT2D eigenvalue weighted by molar-refractivity contribution is 0.0980. The minimum Gasteiger partial charge on any atom is -0.491 e. The molecule has 0 amide bonds. The number of methoxy groups -OCH3 is 1. The zero-order chi connectivity index (χ0) is 21.8. The van der Waals surface area contributed by atoms with E-state index in [9.17, 15) is 4.79 Å². The fourth-order valence-electron chi connectivity index (χ4n) is 3.35. The number of hydrogen-bond acceptors (Lipinski definition) is 7. The number of Topliss-reactive ketones (excluding diaryl/α,β-unsaturated/α-hetero) is 1. The number of carbonyl (C=O) groups excluding carboxylic acids is 1. The van der Waals surface area contributed by atoms with Gasteiger partial charge in [0.2, 0.25) is 5.95 Å². The highest BCUT2D eigenvalue weighted by molar-refractivity contribution is 5.99. The number of nitrogens with one attached hydrogen (secondary N) is 1. The van der Waals surface area contributed by atoms with E-state index >= 15 is 0 Å². The molecule has 2 heterocycles. The Hall–Kier alpha value is -3.39. The van der Waals surface area contributed by atoms with E-state index in [1.165, 1.54) is 0 Å². The Morgan fingerprint density at radius 2 is 2.00 bits per heavy atom. The molecule has 0 spiro atoms. The standard InChI is InChI=1S/C23H26N4O4/c1-4-5-6-20(28)15-7-10-19-18(13-15)24-22(27(19)2)26-23-25-17-9-8-16(14-21(17)31-23)30-12-11-29-3/h7-10,13-14H,4-6,11-12H2,1-3H3,(H,24,25,26). The molecule has 31 heavy (non-hydrogen) atoms. The first kappa shape index (κ1) is 20.9. The van der Waals surface area contributed by atoms with Gasteiger partial charge in [0, 0.05) is 32.2 Å². The Morgan fingerprint density at radius 1 is 1.13 bits per heavy atom. The van der Waals surface area contributed by atoms with Gasteiger partial charge in [0.25, 0.3) is 0 Å². The van der Waals surface area contributed by atoms with Crippen LogP contribution in [0.5, 0.6) is 5.75 Å². The fraction of sp³-hybridized carbons (Fsp3) is 0.348. The van der Waals surface area contributed by atoms with Crippen LogP contribution in [0.25, 0.3) is 22.1 Å². The Balaban J connectivity index is 1.55. The normalized spacial score (nSPS) is 11.3. The lowest BCUT2D eigenvalue weighted by atomic mass is 10.1. The van der Waals surface area contributed by atoms with Gasteiger partial charge in [0.05, 0.1) is 17.6 Å². The predicted octanol–water partition coefficient (Wildman–Crippen LogP) is 4.86. The molecule has 0 aliphatic rings. The maximum Gasteiger partial charge on any atom is 0.302 e. The molecule has 0 saturated carbocycles. The third kappa shape index (κ3) is 4.54. The summed E-state index contributed by atoms with van der Waals surface area (Å²) in [5.41, 5.74) is 3.68. The van der Waals surface area contributed by atoms with Crippen LogP contribution < -0.4 is 10.1 Å². The van der Waals surface area contributed by atoms with E-state index in [2.05, 4.69) is 22.2 Å². The smallest absolute Gasteiger partial charge is 0.302 e. The first-order chi connectivity index (χ1) is 15.1. The second-order valence-corrected chi connectivity index (χ2v) is 7.34. The van der Waals surface area contributed by atoms with Crippen molar-refractivity contribution in [1.29, 1.82) is 0 Å². The molecule has 0 saturated heterocycles. The topological polar surface area (TPSA) is 91.4 Å². The molecule has 2 aromatic heterocycles. The zero-order valence-electron chi connectivity index (χ0n) is 18.0. The number of ketones is 1. The Morgan fingerprint density at radius 3 is 2.81 bits per heavy atom. The van der Waals surface area contributed by atoms with Crippen LogP contribution in [0.4, 0.5) is 12.0 Å². The van der Waals surface area contributed by atoms with Gasteiger partial charge in [-0.3, -0.25) is 10.1 Å². The molecule has 8 nitrogen and oxygen atoms in total. The number of oxazole rings is 1. The van der Waals surface area contributed by atoms with Crippen LogP contribution in [0.15, 0.2) is 40.8 Å². The number of hydrogen-bond donors (Lipinski definition) is 1. The average molecular weight is 422 g/mol. The number of nitrogens with zero attached hydrogens (tertiary/aromatic N) is 3. The molecular formula is C23H26N4O4. The summed E-state index contributed by atoms with van der Waals surface area (Å²) in [6.07, 6.45) is 2.44. The summed E-state index contributed by atoms with van der Waals surface area (Å²) in [4.78, 5) is 21.4. The van der Waals surface area contributed by atoms with E-state index in [4.69, 9.17) is 13.9 Å². The summed E-state index contributed by atoms with van der Waals surface area (Å²) < 4.78 is 18.4. The van der Waals surface area contributed by atoms with Crippen molar-refractivity contribution in [2.24, 2.45) is 7.05 Å². The number of aryl methyl sites for hydroxylation is 1. The minimum absolute atomic E-state index is 0.145. The van der Waals surface area contributed by atoms with Crippen molar-refractivity contribution in [2.75, 3.05) is 25.6 Å². The largest absolute Gasteiger partial charge is 0.491 e. The molecule has 1 N–H and O–H groups in total. The fourth-order valence-corrected chi connectivity index (χ4v) is 3.35. The third-order valence-electron chi connectivity index (χ3n) is 5.10. The molecule has 0 radical (unpaired) electrons. The molecule has 0 bridgehead atoms. The summed E-state index contributed by atoms with van der Waals surface area (Å²) >= 11 is 0. The van der Waals surface area contributed by atoms with Crippen molar-refractivity contribution in [3.63, 3.8) is 0 Å². The molecule has 4 rings (SSSR count). The SMILES string of the molecule is CCCCC(=O)c1ccc2c(c1)nc(Nc1nc3ccc(OCCOC)cc3o1)n2C. The van der Waals surface area contributed by atoms with Crippen molar-refractivity contribution in [1.82, 2.24) is 14.5 Å². The number of imidazole rings is 1. The van der Waals surface area contributed by atoms with Gasteiger partial charge in [-0.1, -0.05) is 13.3 Å². The number of anilines is 2. The maximum atomic E-state index is 12.3. The van der Waals surface area contributed by atoms with E-state index in [1.807, 2.05) is 41.9 Å². The lowest BCUT2D eigenvalue weighted by Crippen LogP contribution is -2.03. The van der Waals surface area contributed by atoms with Gasteiger partial charge in [-0.2, -0.15) is 4.98 Å². The van der Waals surface area contributed by atoms with Gasteiger partial charge >= 0.3 is 6.01 Å². The number of unbranched alkanes of at least 4 members (excludes halogenated alkanes) is 1. The van der Waals surface area contributed by atoms with E-state index in [0.29, 0.717) is 54.0 Å². The molecule has 0 fully saturated rings. The third-order valence-corrected chi connectivity index (χ3v) is 5.10. The summed E-state index contributed by atoms with van der Waals surface area (Å²) in [7, 11) is 3.54. The molecule has 0 aliphatic carbocycles. The van der Waals surface area contributed by atoms with Crippen molar-refractivity contribution in [3.05, 3.63) is 42.0 Å². The maximum absolute atomic E-state index is 12.3. The van der Waals surface area contributed by atoms with Crippen molar-refractivity contribution in [3.8, 4) is 5.75 Å². The number of fused-ring (bicyclic) bond motifs is 2. The highest BCUT2D eigenvalue weighted by atomic mass is 16.5. The molecule has 0 atom stereocenters. The van der Waals surface area contributed by atoms with Crippen LogP contribution in [-0.4, -0.2) is 40.6 Å². The van der Waals surface area contributed by atoms with Crippen LogP contribution in [-0.2, 0) is 11.8 Å². The molecule has 162 valence electrons. The number of carbonyl (C=O) groups is 1. The number of rotatable bonds is 10. The van der Waals surface area contributed by atoms with Gasteiger partial charge in [0.15, 0.2) is 11.4 Å². The number of ether oxygens (including phenoxy) is 2. The van der Waals surface area contributed by atoms with E-state index in [-0.39, 0.29) is 5.78 Å². The van der Waals surface area contributed by atoms with Gasteiger partial charge in [-0.15, -0.1) is 0 Å². The Kier molecular flexibility index (Phi) is 6.18. The molecule has 0 unspecified atom stereocenters. The molecule has 8 heteroatoms. The van der Waals surface area contributed by atoms with Crippen LogP contribution >= 0.6 is 0 Å². The molecular weight excluding hydrogens is 396 g/mol. The summed E-state index contributed by atoms with van der Waals surface area (Å²) in [6.45, 7) is 3.05. The van der Waals surface area contributed by atoms with E-state index < -0.39 is 0 Å². The Labute approximate surface area is 180 Å². The number of benzene rings is 2. The van der Waals surface area contributed by atoms with Gasteiger partial charge < -0.3 is 18.5 Å². The van der Waals surface area contributed by atoms with Gasteiger partial charge in [-0.05, 0) is 36.8 Å². The second-order valence-electron chi connectivity index (χ2n) is 7.34. The summed E-state index contributed by atoms with van der Waals surface area (Å²) in [5.74, 6) is 1.41. The quantitative estimate of drug-likeness (QED) is 0.288. The second kappa shape index (κ2) is 9.18. The minimum atomic E-state index is 0.145. The summed E-state index contributed by atoms with van der Waals surface area (Å²) in [6, 6.07) is 11.4. The van der Waals surface area contributed by atoms with Crippen molar-refractivity contribution >= 4 is 39.9 Å². The Bertz CT molecular complexity index is 1210. The van der Waals surface area contributed by atoms with Crippen molar-refractivity contribution < 1.29 is 18.7 Å². The average Bonchev–Trinajstić information content (AvgIpc) is 3.31. The molecule has 0 aliphatic heterocycles. The molecule has 4 aromatic rings. The van der Waals surface area contributed by atoms with Crippen LogP contribution in [0.2, 0.25) is 0 Å². The van der Waals surface area contributed by atoms with Crippen LogP contribution in [0.3, 0.4) is 0 Å². The first-order valence-electron chi connectivity index (χ1n) is 10.4. The highest BCUT2D eigenvalue weighted by Crippen LogP contribution is 2.27. The monoisotopic (exact) mass is 422 g/mol. The van der Waals surface area contributed by atoms with Gasteiger partial charge in [-0.25, -0.2) is 4.98 Å². The van der Waals surface area contributed by atoms with E-state index in [0.717, 1.165) is 23.9 Å². The predicted molar refractivity (Wildman–Crippen MR) is 119 cm³/mol. The summed E-state index contributed by atoms with van der Waals surface area (Å²) in [5, 5.41) is 3.13. The lowest BCUT2D eigenvalue weighted by Gasteiger charge is -2.04. The van der Waals surface area contributed by atoms with E-state index in [1.54, 1.807) is 13.2 Å². The van der Waals surface area contributed by atoms with Crippen molar-refractivity contribution in [2.45, 2.75) is 26.2 Å². The van der Waals surface area contributed by atoms with Gasteiger partial charge in [0.1, 0.15) is 17.9 Å². The number of aromatic nitrogens is 3. The molecule has 2 aromatic carbocycles. The van der Waals surface area contributed by atoms with Crippen LogP contribution in [0, 0.1) is 0 Å². The zero-order valence-corrected chi connectivity index (χ0v) is 18.0.